The summed E-state index contributed by atoms with van der Waals surface area (Å²) in [6.07, 6.45) is 0.363. The minimum atomic E-state index is -3.42. The first-order chi connectivity index (χ1) is 11.5. The zero-order valence-corrected chi connectivity index (χ0v) is 13.9. The molecule has 5 nitrogen and oxygen atoms in total. The summed E-state index contributed by atoms with van der Waals surface area (Å²) in [7, 11) is -3.42. The number of carbonyl (C=O) groups is 1. The van der Waals surface area contributed by atoms with Crippen LogP contribution < -0.4 is 10.6 Å². The van der Waals surface area contributed by atoms with Gasteiger partial charge in [0.2, 0.25) is 0 Å². The number of hydrogen-bond acceptors (Lipinski definition) is 3. The van der Waals surface area contributed by atoms with Gasteiger partial charge in [-0.25, -0.2) is 17.6 Å². The molecule has 0 aliphatic rings. The third-order valence-electron chi connectivity index (χ3n) is 3.40. The molecule has 2 N–H and O–H groups in total. The average molecular weight is 350 g/mol. The van der Waals surface area contributed by atoms with E-state index in [1.54, 1.807) is 36.4 Å². The zero-order chi connectivity index (χ0) is 17.4. The molecule has 0 bridgehead atoms. The smallest absolute Gasteiger partial charge is 0.314 e. The average Bonchev–Trinajstić information content (AvgIpc) is 2.57. The zero-order valence-electron chi connectivity index (χ0n) is 13.0. The highest BCUT2D eigenvalue weighted by Gasteiger charge is 2.13. The minimum absolute atomic E-state index is 0.00274. The van der Waals surface area contributed by atoms with Crippen LogP contribution in [0.5, 0.6) is 0 Å². The van der Waals surface area contributed by atoms with E-state index in [2.05, 4.69) is 10.6 Å². The first-order valence-electron chi connectivity index (χ1n) is 7.52. The molecule has 0 aliphatic carbocycles. The Hall–Kier alpha value is -2.41. The number of benzene rings is 2. The SMILES string of the molecule is O=C(NCCc1ccccc1F)NCCS(=O)(=O)c1ccccc1. The summed E-state index contributed by atoms with van der Waals surface area (Å²) >= 11 is 0. The van der Waals surface area contributed by atoms with Crippen molar-refractivity contribution in [2.45, 2.75) is 11.3 Å². The van der Waals surface area contributed by atoms with E-state index in [1.807, 2.05) is 0 Å². The predicted molar refractivity (Wildman–Crippen MR) is 90.0 cm³/mol. The molecule has 0 aromatic heterocycles. The van der Waals surface area contributed by atoms with Crippen LogP contribution in [0.25, 0.3) is 0 Å². The van der Waals surface area contributed by atoms with Crippen molar-refractivity contribution in [2.24, 2.45) is 0 Å². The summed E-state index contributed by atoms with van der Waals surface area (Å²) in [5.74, 6) is -0.494. The van der Waals surface area contributed by atoms with Gasteiger partial charge in [-0.05, 0) is 30.2 Å². The van der Waals surface area contributed by atoms with Crippen LogP contribution in [-0.2, 0) is 16.3 Å². The fourth-order valence-electron chi connectivity index (χ4n) is 2.12. The van der Waals surface area contributed by atoms with E-state index in [0.717, 1.165) is 0 Å². The third-order valence-corrected chi connectivity index (χ3v) is 5.13. The Morgan fingerprint density at radius 1 is 0.917 bits per heavy atom. The molecule has 2 rings (SSSR count). The summed E-state index contributed by atoms with van der Waals surface area (Å²) in [4.78, 5) is 11.9. The topological polar surface area (TPSA) is 75.3 Å². The highest BCUT2D eigenvalue weighted by atomic mass is 32.2. The molecule has 0 atom stereocenters. The van der Waals surface area contributed by atoms with Crippen molar-refractivity contribution in [3.05, 3.63) is 66.0 Å². The van der Waals surface area contributed by atoms with Gasteiger partial charge in [-0.2, -0.15) is 0 Å². The molecule has 0 spiro atoms. The van der Waals surface area contributed by atoms with Crippen LogP contribution in [0.1, 0.15) is 5.56 Å². The van der Waals surface area contributed by atoms with E-state index in [4.69, 9.17) is 0 Å². The predicted octanol–water partition coefficient (Wildman–Crippen LogP) is 2.14. The van der Waals surface area contributed by atoms with Crippen LogP contribution in [0.15, 0.2) is 59.5 Å². The van der Waals surface area contributed by atoms with Gasteiger partial charge in [-0.3, -0.25) is 0 Å². The number of amides is 2. The number of nitrogens with one attached hydrogen (secondary N) is 2. The molecule has 2 aromatic carbocycles. The Morgan fingerprint density at radius 2 is 1.54 bits per heavy atom. The fourth-order valence-corrected chi connectivity index (χ4v) is 3.30. The second-order valence-corrected chi connectivity index (χ2v) is 7.27. The van der Waals surface area contributed by atoms with Crippen molar-refractivity contribution in [1.82, 2.24) is 10.6 Å². The first kappa shape index (κ1) is 17.9. The van der Waals surface area contributed by atoms with E-state index in [0.29, 0.717) is 12.0 Å². The Balaban J connectivity index is 1.71. The van der Waals surface area contributed by atoms with Crippen LogP contribution in [-0.4, -0.2) is 33.3 Å². The van der Waals surface area contributed by atoms with Gasteiger partial charge in [-0.15, -0.1) is 0 Å². The fraction of sp³-hybridized carbons (Fsp3) is 0.235. The maximum absolute atomic E-state index is 13.4. The Bertz CT molecular complexity index is 779. The lowest BCUT2D eigenvalue weighted by atomic mass is 10.1. The maximum Gasteiger partial charge on any atom is 0.314 e. The van der Waals surface area contributed by atoms with Gasteiger partial charge in [0.05, 0.1) is 10.6 Å². The summed E-state index contributed by atoms with van der Waals surface area (Å²) < 4.78 is 37.5. The standard InChI is InChI=1S/C17H19FN2O3S/c18-16-9-5-4-6-14(16)10-11-19-17(21)20-12-13-24(22,23)15-7-2-1-3-8-15/h1-9H,10-13H2,(H2,19,20,21). The lowest BCUT2D eigenvalue weighted by Gasteiger charge is -2.09. The van der Waals surface area contributed by atoms with Crippen molar-refractivity contribution in [3.8, 4) is 0 Å². The van der Waals surface area contributed by atoms with E-state index in [1.165, 1.54) is 18.2 Å². The molecule has 0 radical (unpaired) electrons. The highest BCUT2D eigenvalue weighted by Crippen LogP contribution is 2.09. The maximum atomic E-state index is 13.4. The van der Waals surface area contributed by atoms with Crippen LogP contribution in [0.3, 0.4) is 0 Å². The second-order valence-electron chi connectivity index (χ2n) is 5.16. The molecule has 7 heteroatoms. The van der Waals surface area contributed by atoms with Crippen molar-refractivity contribution < 1.29 is 17.6 Å². The number of sulfone groups is 1. The summed E-state index contributed by atoms with van der Waals surface area (Å²) in [6.45, 7) is 0.265. The van der Waals surface area contributed by atoms with Crippen LogP contribution in [0, 0.1) is 5.82 Å². The number of urea groups is 1. The van der Waals surface area contributed by atoms with Gasteiger partial charge in [0.1, 0.15) is 5.82 Å². The summed E-state index contributed by atoms with van der Waals surface area (Å²) in [5.41, 5.74) is 0.518. The van der Waals surface area contributed by atoms with Gasteiger partial charge in [0.15, 0.2) is 9.84 Å². The minimum Gasteiger partial charge on any atom is -0.338 e. The molecule has 0 fully saturated rings. The molecule has 24 heavy (non-hydrogen) atoms. The van der Waals surface area contributed by atoms with Gasteiger partial charge in [-0.1, -0.05) is 36.4 Å². The number of hydrogen-bond donors (Lipinski definition) is 2. The highest BCUT2D eigenvalue weighted by molar-refractivity contribution is 7.91. The molecular weight excluding hydrogens is 331 g/mol. The van der Waals surface area contributed by atoms with E-state index < -0.39 is 15.9 Å². The van der Waals surface area contributed by atoms with Gasteiger partial charge < -0.3 is 10.6 Å². The van der Waals surface area contributed by atoms with Gasteiger partial charge in [0, 0.05) is 13.1 Å². The quantitative estimate of drug-likeness (QED) is 0.803. The Kier molecular flexibility index (Phi) is 6.31. The van der Waals surface area contributed by atoms with Crippen molar-refractivity contribution in [2.75, 3.05) is 18.8 Å². The van der Waals surface area contributed by atoms with E-state index in [9.17, 15) is 17.6 Å². The number of rotatable bonds is 7. The Morgan fingerprint density at radius 3 is 2.25 bits per heavy atom. The van der Waals surface area contributed by atoms with E-state index in [-0.39, 0.29) is 29.6 Å². The largest absolute Gasteiger partial charge is 0.338 e. The van der Waals surface area contributed by atoms with Crippen LogP contribution >= 0.6 is 0 Å². The summed E-state index contributed by atoms with van der Waals surface area (Å²) in [6, 6.07) is 13.9. The van der Waals surface area contributed by atoms with Crippen molar-refractivity contribution in [1.29, 1.82) is 0 Å². The lowest BCUT2D eigenvalue weighted by Crippen LogP contribution is -2.39. The first-order valence-corrected chi connectivity index (χ1v) is 9.17. The van der Waals surface area contributed by atoms with Crippen molar-refractivity contribution >= 4 is 15.9 Å². The molecule has 2 amide bonds. The Labute approximate surface area is 140 Å². The molecule has 0 aliphatic heterocycles. The molecule has 0 saturated carbocycles. The van der Waals surface area contributed by atoms with Crippen molar-refractivity contribution in [3.63, 3.8) is 0 Å². The third kappa shape index (κ3) is 5.34. The van der Waals surface area contributed by atoms with Gasteiger partial charge in [0.25, 0.3) is 0 Å². The number of halogens is 1. The van der Waals surface area contributed by atoms with Gasteiger partial charge >= 0.3 is 6.03 Å². The molecule has 2 aromatic rings. The van der Waals surface area contributed by atoms with E-state index >= 15 is 0 Å². The lowest BCUT2D eigenvalue weighted by molar-refractivity contribution is 0.241. The van der Waals surface area contributed by atoms with Crippen LogP contribution in [0.2, 0.25) is 0 Å². The second kappa shape index (κ2) is 8.44. The summed E-state index contributed by atoms with van der Waals surface area (Å²) in [5, 5.41) is 5.06. The molecule has 0 saturated heterocycles. The number of carbonyl (C=O) groups excluding carboxylic acids is 1. The molecule has 0 heterocycles. The molecular formula is C17H19FN2O3S. The van der Waals surface area contributed by atoms with Crippen LogP contribution in [0.4, 0.5) is 9.18 Å². The molecule has 128 valence electrons. The molecule has 0 unspecified atom stereocenters. The normalized spacial score (nSPS) is 11.0. The monoisotopic (exact) mass is 350 g/mol.